The predicted octanol–water partition coefficient (Wildman–Crippen LogP) is 4.17. The van der Waals surface area contributed by atoms with Crippen LogP contribution in [0.5, 0.6) is 0 Å². The molecule has 0 amide bonds. The zero-order chi connectivity index (χ0) is 22.3. The van der Waals surface area contributed by atoms with E-state index < -0.39 is 5.97 Å². The van der Waals surface area contributed by atoms with Crippen molar-refractivity contribution in [3.8, 4) is 0 Å². The number of carboxylic acid groups (broad SMARTS) is 1. The molecule has 6 heteroatoms. The maximum absolute atomic E-state index is 10.8. The van der Waals surface area contributed by atoms with Crippen LogP contribution in [0.4, 0.5) is 11.5 Å². The summed E-state index contributed by atoms with van der Waals surface area (Å²) < 4.78 is 0. The lowest BCUT2D eigenvalue weighted by molar-refractivity contribution is -0.136. The molecule has 5 N–H and O–H groups in total. The number of anilines is 2. The Morgan fingerprint density at radius 3 is 2.39 bits per heavy atom. The van der Waals surface area contributed by atoms with Gasteiger partial charge in [-0.25, -0.2) is 4.98 Å². The Hall–Kier alpha value is -3.38. The second-order valence-corrected chi connectivity index (χ2v) is 7.29. The lowest BCUT2D eigenvalue weighted by Gasteiger charge is -2.14. The van der Waals surface area contributed by atoms with E-state index in [4.69, 9.17) is 10.8 Å². The van der Waals surface area contributed by atoms with Gasteiger partial charge in [-0.1, -0.05) is 67.6 Å². The summed E-state index contributed by atoms with van der Waals surface area (Å²) in [5, 5.41) is 15.6. The normalized spacial score (nSPS) is 11.1. The minimum atomic E-state index is -0.801. The molecule has 0 fully saturated rings. The summed E-state index contributed by atoms with van der Waals surface area (Å²) in [6.07, 6.45) is 2.71. The fraction of sp³-hybridized carbons (Fsp3) is 0.280. The molecule has 2 aromatic carbocycles. The summed E-state index contributed by atoms with van der Waals surface area (Å²) in [5.41, 5.74) is 8.65. The second kappa shape index (κ2) is 13.8. The molecular formula is C25H32N4O2. The van der Waals surface area contributed by atoms with Crippen molar-refractivity contribution in [3.63, 3.8) is 0 Å². The average molecular weight is 421 g/mol. The number of nitrogens with zero attached hydrogens (tertiary/aromatic N) is 1. The summed E-state index contributed by atoms with van der Waals surface area (Å²) in [5.74, 6) is 0.0469. The SMILES string of the molecule is C[C@H](CNCCCNc1cccnc1N)c1cccc(CC(=O)O)c1.c1ccccc1. The molecular weight excluding hydrogens is 388 g/mol. The Balaban J connectivity index is 0.000000488. The van der Waals surface area contributed by atoms with Crippen molar-refractivity contribution in [2.75, 3.05) is 30.7 Å². The van der Waals surface area contributed by atoms with E-state index in [1.165, 1.54) is 0 Å². The largest absolute Gasteiger partial charge is 0.481 e. The Bertz CT molecular complexity index is 876. The van der Waals surface area contributed by atoms with Gasteiger partial charge in [-0.05, 0) is 42.1 Å². The number of aliphatic carboxylic acids is 1. The lowest BCUT2D eigenvalue weighted by atomic mass is 9.98. The number of nitrogen functional groups attached to an aromatic ring is 1. The smallest absolute Gasteiger partial charge is 0.307 e. The molecule has 3 rings (SSSR count). The first-order valence-corrected chi connectivity index (χ1v) is 10.5. The summed E-state index contributed by atoms with van der Waals surface area (Å²) in [6, 6.07) is 23.6. The molecule has 0 radical (unpaired) electrons. The van der Waals surface area contributed by atoms with Crippen molar-refractivity contribution in [2.24, 2.45) is 0 Å². The van der Waals surface area contributed by atoms with E-state index in [9.17, 15) is 4.79 Å². The first kappa shape index (κ1) is 23.9. The minimum Gasteiger partial charge on any atom is -0.481 e. The Morgan fingerprint density at radius 1 is 1.03 bits per heavy atom. The van der Waals surface area contributed by atoms with Crippen LogP contribution in [-0.4, -0.2) is 35.7 Å². The van der Waals surface area contributed by atoms with Gasteiger partial charge in [0.25, 0.3) is 0 Å². The van der Waals surface area contributed by atoms with E-state index in [-0.39, 0.29) is 6.42 Å². The fourth-order valence-electron chi connectivity index (χ4n) is 3.01. The van der Waals surface area contributed by atoms with Crippen molar-refractivity contribution in [3.05, 3.63) is 90.1 Å². The van der Waals surface area contributed by atoms with Crippen LogP contribution in [0, 0.1) is 0 Å². The first-order valence-electron chi connectivity index (χ1n) is 10.5. The molecule has 0 bridgehead atoms. The third kappa shape index (κ3) is 9.78. The first-order chi connectivity index (χ1) is 15.1. The topological polar surface area (TPSA) is 100 Å². The van der Waals surface area contributed by atoms with Crippen LogP contribution in [0.2, 0.25) is 0 Å². The van der Waals surface area contributed by atoms with Gasteiger partial charge in [0, 0.05) is 19.3 Å². The maximum Gasteiger partial charge on any atom is 0.307 e. The zero-order valence-electron chi connectivity index (χ0n) is 18.0. The number of hydrogen-bond acceptors (Lipinski definition) is 5. The third-order valence-corrected chi connectivity index (χ3v) is 4.68. The van der Waals surface area contributed by atoms with Crippen molar-refractivity contribution in [1.29, 1.82) is 0 Å². The van der Waals surface area contributed by atoms with Gasteiger partial charge in [0.15, 0.2) is 0 Å². The van der Waals surface area contributed by atoms with Gasteiger partial charge in [-0.15, -0.1) is 0 Å². The standard InChI is InChI=1S/C19H26N4O2.C6H6/c1-14(16-6-2-5-15(11-16)12-18(24)25)13-21-8-4-10-22-17-7-3-9-23-19(17)20;1-2-4-6-5-3-1/h2-3,5-7,9,11,14,21-22H,4,8,10,12-13H2,1H3,(H2,20,23)(H,24,25);1-6H/t14-;/m1./s1. The number of rotatable bonds is 10. The van der Waals surface area contributed by atoms with Crippen LogP contribution in [-0.2, 0) is 11.2 Å². The number of pyridine rings is 1. The van der Waals surface area contributed by atoms with Crippen LogP contribution in [0.3, 0.4) is 0 Å². The van der Waals surface area contributed by atoms with Gasteiger partial charge in [0.05, 0.1) is 12.1 Å². The molecule has 1 atom stereocenters. The van der Waals surface area contributed by atoms with Crippen molar-refractivity contribution in [2.45, 2.75) is 25.7 Å². The monoisotopic (exact) mass is 420 g/mol. The number of nitrogens with one attached hydrogen (secondary N) is 2. The highest BCUT2D eigenvalue weighted by atomic mass is 16.4. The van der Waals surface area contributed by atoms with Crippen LogP contribution < -0.4 is 16.4 Å². The summed E-state index contributed by atoms with van der Waals surface area (Å²) in [4.78, 5) is 14.9. The van der Waals surface area contributed by atoms with E-state index in [0.29, 0.717) is 11.7 Å². The van der Waals surface area contributed by atoms with Crippen LogP contribution in [0.15, 0.2) is 79.0 Å². The fourth-order valence-corrected chi connectivity index (χ4v) is 3.01. The van der Waals surface area contributed by atoms with Gasteiger partial charge in [0.1, 0.15) is 5.82 Å². The molecule has 0 spiro atoms. The summed E-state index contributed by atoms with van der Waals surface area (Å²) in [7, 11) is 0. The van der Waals surface area contributed by atoms with E-state index in [1.54, 1.807) is 6.20 Å². The maximum atomic E-state index is 10.8. The molecule has 31 heavy (non-hydrogen) atoms. The van der Waals surface area contributed by atoms with Gasteiger partial charge in [-0.3, -0.25) is 4.79 Å². The molecule has 0 saturated heterocycles. The molecule has 1 heterocycles. The second-order valence-electron chi connectivity index (χ2n) is 7.29. The van der Waals surface area contributed by atoms with Gasteiger partial charge < -0.3 is 21.5 Å². The Labute approximate surface area is 184 Å². The van der Waals surface area contributed by atoms with Crippen molar-refractivity contribution in [1.82, 2.24) is 10.3 Å². The molecule has 0 aliphatic heterocycles. The quantitative estimate of drug-likeness (QED) is 0.367. The molecule has 1 aromatic heterocycles. The number of hydrogen-bond donors (Lipinski definition) is 4. The highest BCUT2D eigenvalue weighted by molar-refractivity contribution is 5.70. The van der Waals surface area contributed by atoms with Crippen LogP contribution in [0.1, 0.15) is 30.4 Å². The Morgan fingerprint density at radius 2 is 1.74 bits per heavy atom. The highest BCUT2D eigenvalue weighted by Gasteiger charge is 2.07. The lowest BCUT2D eigenvalue weighted by Crippen LogP contribution is -2.23. The van der Waals surface area contributed by atoms with Crippen LogP contribution >= 0.6 is 0 Å². The zero-order valence-corrected chi connectivity index (χ0v) is 18.0. The predicted molar refractivity (Wildman–Crippen MR) is 127 cm³/mol. The van der Waals surface area contributed by atoms with E-state index in [0.717, 1.165) is 42.9 Å². The van der Waals surface area contributed by atoms with E-state index in [2.05, 4.69) is 22.5 Å². The summed E-state index contributed by atoms with van der Waals surface area (Å²) >= 11 is 0. The Kier molecular flexibility index (Phi) is 10.6. The number of benzene rings is 2. The van der Waals surface area contributed by atoms with Gasteiger partial charge in [0.2, 0.25) is 0 Å². The number of carbonyl (C=O) groups is 1. The molecule has 164 valence electrons. The number of nitrogens with two attached hydrogens (primary N) is 1. The van der Waals surface area contributed by atoms with Crippen LogP contribution in [0.25, 0.3) is 0 Å². The molecule has 3 aromatic rings. The highest BCUT2D eigenvalue weighted by Crippen LogP contribution is 2.16. The molecule has 0 saturated carbocycles. The average Bonchev–Trinajstić information content (AvgIpc) is 2.78. The van der Waals surface area contributed by atoms with E-state index >= 15 is 0 Å². The molecule has 0 aliphatic carbocycles. The third-order valence-electron chi connectivity index (χ3n) is 4.68. The minimum absolute atomic E-state index is 0.0666. The summed E-state index contributed by atoms with van der Waals surface area (Å²) in [6.45, 7) is 4.71. The van der Waals surface area contributed by atoms with Gasteiger partial charge in [-0.2, -0.15) is 0 Å². The molecule has 6 nitrogen and oxygen atoms in total. The van der Waals surface area contributed by atoms with Crippen molar-refractivity contribution < 1.29 is 9.90 Å². The van der Waals surface area contributed by atoms with E-state index in [1.807, 2.05) is 72.8 Å². The number of carboxylic acids is 1. The van der Waals surface area contributed by atoms with Crippen molar-refractivity contribution >= 4 is 17.5 Å². The number of aromatic nitrogens is 1. The molecule has 0 unspecified atom stereocenters. The van der Waals surface area contributed by atoms with Gasteiger partial charge >= 0.3 is 5.97 Å². The molecule has 0 aliphatic rings.